The van der Waals surface area contributed by atoms with Gasteiger partial charge in [0.25, 0.3) is 0 Å². The largest absolute Gasteiger partial charge is 0.354 e. The zero-order valence-electron chi connectivity index (χ0n) is 13.2. The first-order chi connectivity index (χ1) is 11.2. The second-order valence-corrected chi connectivity index (χ2v) is 5.62. The summed E-state index contributed by atoms with van der Waals surface area (Å²) in [6.45, 7) is 2.65. The Morgan fingerprint density at radius 2 is 2.09 bits per heavy atom. The molecule has 0 radical (unpaired) electrons. The molecular formula is C16H21N5O2. The zero-order chi connectivity index (χ0) is 16.2. The highest BCUT2D eigenvalue weighted by atomic mass is 16.2. The highest BCUT2D eigenvalue weighted by Crippen LogP contribution is 2.18. The van der Waals surface area contributed by atoms with E-state index in [4.69, 9.17) is 0 Å². The molecule has 1 aromatic carbocycles. The maximum Gasteiger partial charge on any atom is 0.324 e. The minimum Gasteiger partial charge on any atom is -0.354 e. The number of nitrogens with one attached hydrogen (secondary N) is 2. The zero-order valence-corrected chi connectivity index (χ0v) is 13.2. The molecule has 1 saturated heterocycles. The molecular weight excluding hydrogens is 294 g/mol. The number of nitrogens with zero attached hydrogens (tertiary/aromatic N) is 3. The number of rotatable bonds is 3. The number of amides is 3. The van der Waals surface area contributed by atoms with Crippen molar-refractivity contribution in [3.05, 3.63) is 35.4 Å². The molecule has 2 N–H and O–H groups in total. The number of benzene rings is 1. The number of hydrogen-bond acceptors (Lipinski definition) is 3. The first-order valence-corrected chi connectivity index (χ1v) is 7.79. The third-order valence-electron chi connectivity index (χ3n) is 4.20. The molecule has 0 unspecified atom stereocenters. The van der Waals surface area contributed by atoms with E-state index in [1.807, 2.05) is 0 Å². The Bertz CT molecular complexity index is 627. The lowest BCUT2D eigenvalue weighted by Crippen LogP contribution is -2.46. The van der Waals surface area contributed by atoms with Gasteiger partial charge in [-0.25, -0.2) is 4.79 Å². The molecule has 0 spiro atoms. The number of aliphatic imine (C=N–C) groups is 1. The quantitative estimate of drug-likeness (QED) is 0.474. The van der Waals surface area contributed by atoms with E-state index in [0.717, 1.165) is 25.5 Å². The minimum atomic E-state index is -0.321. The normalized spacial score (nSPS) is 18.0. The molecule has 23 heavy (non-hydrogen) atoms. The molecule has 2 aliphatic rings. The summed E-state index contributed by atoms with van der Waals surface area (Å²) in [6.07, 6.45) is 0.990. The van der Waals surface area contributed by atoms with Gasteiger partial charge >= 0.3 is 6.03 Å². The summed E-state index contributed by atoms with van der Waals surface area (Å²) in [5.74, 6) is 0.616. The predicted octanol–water partition coefficient (Wildman–Crippen LogP) is 0.172. The van der Waals surface area contributed by atoms with Crippen LogP contribution in [0.5, 0.6) is 0 Å². The van der Waals surface area contributed by atoms with E-state index in [1.165, 1.54) is 16.0 Å². The highest BCUT2D eigenvalue weighted by molar-refractivity contribution is 6.01. The van der Waals surface area contributed by atoms with Gasteiger partial charge in [0.05, 0.1) is 6.54 Å². The van der Waals surface area contributed by atoms with Crippen LogP contribution in [0.4, 0.5) is 4.79 Å². The lowest BCUT2D eigenvalue weighted by atomic mass is 10.0. The lowest BCUT2D eigenvalue weighted by molar-refractivity contribution is -0.124. The van der Waals surface area contributed by atoms with E-state index in [0.29, 0.717) is 13.1 Å². The molecule has 0 bridgehead atoms. The summed E-state index contributed by atoms with van der Waals surface area (Å²) in [5, 5.41) is 5.75. The van der Waals surface area contributed by atoms with Gasteiger partial charge in [0.1, 0.15) is 0 Å². The van der Waals surface area contributed by atoms with Crippen molar-refractivity contribution in [3.63, 3.8) is 0 Å². The molecule has 0 atom stereocenters. The molecule has 2 heterocycles. The molecule has 7 nitrogen and oxygen atoms in total. The van der Waals surface area contributed by atoms with Crippen LogP contribution in [0.2, 0.25) is 0 Å². The number of fused-ring (bicyclic) bond motifs is 1. The minimum absolute atomic E-state index is 0.0937. The fraction of sp³-hybridized carbons (Fsp3) is 0.438. The van der Waals surface area contributed by atoms with Crippen LogP contribution in [-0.4, -0.2) is 60.9 Å². The summed E-state index contributed by atoms with van der Waals surface area (Å²) < 4.78 is 0. The van der Waals surface area contributed by atoms with Crippen LogP contribution in [0.1, 0.15) is 11.1 Å². The average Bonchev–Trinajstić information content (AvgIpc) is 2.90. The van der Waals surface area contributed by atoms with Crippen molar-refractivity contribution in [2.45, 2.75) is 13.0 Å². The number of carbonyl (C=O) groups is 2. The van der Waals surface area contributed by atoms with Gasteiger partial charge in [0, 0.05) is 33.2 Å². The molecule has 0 aromatic heterocycles. The first kappa shape index (κ1) is 15.3. The Labute approximate surface area is 135 Å². The van der Waals surface area contributed by atoms with Crippen molar-refractivity contribution in [3.8, 4) is 0 Å². The number of carbonyl (C=O) groups excluding carboxylic acids is 2. The summed E-state index contributed by atoms with van der Waals surface area (Å²) in [5.41, 5.74) is 2.70. The van der Waals surface area contributed by atoms with Crippen molar-refractivity contribution in [1.82, 2.24) is 20.4 Å². The average molecular weight is 315 g/mol. The van der Waals surface area contributed by atoms with Crippen LogP contribution in [0.15, 0.2) is 29.3 Å². The second kappa shape index (κ2) is 6.68. The monoisotopic (exact) mass is 315 g/mol. The van der Waals surface area contributed by atoms with Crippen LogP contribution >= 0.6 is 0 Å². The summed E-state index contributed by atoms with van der Waals surface area (Å²) in [6, 6.07) is 8.11. The molecule has 1 aromatic rings. The molecule has 7 heteroatoms. The Morgan fingerprint density at radius 1 is 1.30 bits per heavy atom. The lowest BCUT2D eigenvalue weighted by Gasteiger charge is -2.31. The standard InChI is InChI=1S/C16H21N5O2/c1-17-15(18-7-9-21-14(22)10-19-16(21)23)20-8-6-12-4-2-3-5-13(12)11-20/h2-5H,6-11H2,1H3,(H,17,18)(H,19,23). The van der Waals surface area contributed by atoms with Gasteiger partial charge < -0.3 is 15.5 Å². The Balaban J connectivity index is 1.55. The van der Waals surface area contributed by atoms with Crippen LogP contribution in [0.3, 0.4) is 0 Å². The topological polar surface area (TPSA) is 77.0 Å². The van der Waals surface area contributed by atoms with E-state index < -0.39 is 0 Å². The van der Waals surface area contributed by atoms with Crippen LogP contribution < -0.4 is 10.6 Å². The fourth-order valence-electron chi connectivity index (χ4n) is 2.97. The van der Waals surface area contributed by atoms with Gasteiger partial charge in [-0.2, -0.15) is 0 Å². The number of guanidine groups is 1. The third-order valence-corrected chi connectivity index (χ3v) is 4.20. The van der Waals surface area contributed by atoms with Crippen LogP contribution in [0, 0.1) is 0 Å². The van der Waals surface area contributed by atoms with Gasteiger partial charge in [-0.15, -0.1) is 0 Å². The van der Waals surface area contributed by atoms with E-state index in [2.05, 4.69) is 44.8 Å². The van der Waals surface area contributed by atoms with E-state index >= 15 is 0 Å². The van der Waals surface area contributed by atoms with Gasteiger partial charge in [-0.1, -0.05) is 24.3 Å². The Hall–Kier alpha value is -2.57. The van der Waals surface area contributed by atoms with Crippen molar-refractivity contribution >= 4 is 17.9 Å². The van der Waals surface area contributed by atoms with Crippen LogP contribution in [0.25, 0.3) is 0 Å². The van der Waals surface area contributed by atoms with Gasteiger partial charge in [0.2, 0.25) is 5.91 Å². The van der Waals surface area contributed by atoms with Crippen molar-refractivity contribution in [2.24, 2.45) is 4.99 Å². The van der Waals surface area contributed by atoms with E-state index in [9.17, 15) is 9.59 Å². The Kier molecular flexibility index (Phi) is 4.45. The van der Waals surface area contributed by atoms with Crippen molar-refractivity contribution < 1.29 is 9.59 Å². The smallest absolute Gasteiger partial charge is 0.324 e. The number of urea groups is 1. The van der Waals surface area contributed by atoms with Crippen molar-refractivity contribution in [2.75, 3.05) is 33.2 Å². The summed E-state index contributed by atoms with van der Waals surface area (Å²) >= 11 is 0. The maximum atomic E-state index is 11.5. The predicted molar refractivity (Wildman–Crippen MR) is 87.0 cm³/mol. The summed E-state index contributed by atoms with van der Waals surface area (Å²) in [4.78, 5) is 30.8. The van der Waals surface area contributed by atoms with Crippen LogP contribution in [-0.2, 0) is 17.8 Å². The highest BCUT2D eigenvalue weighted by Gasteiger charge is 2.28. The fourth-order valence-corrected chi connectivity index (χ4v) is 2.97. The van der Waals surface area contributed by atoms with E-state index in [-0.39, 0.29) is 18.5 Å². The molecule has 0 saturated carbocycles. The van der Waals surface area contributed by atoms with E-state index in [1.54, 1.807) is 7.05 Å². The number of imide groups is 1. The molecule has 3 rings (SSSR count). The molecule has 2 aliphatic heterocycles. The first-order valence-electron chi connectivity index (χ1n) is 7.79. The maximum absolute atomic E-state index is 11.5. The second-order valence-electron chi connectivity index (χ2n) is 5.62. The van der Waals surface area contributed by atoms with Gasteiger partial charge in [-0.05, 0) is 17.5 Å². The molecule has 3 amide bonds. The SMILES string of the molecule is CN=C(NCCN1C(=O)CNC1=O)N1CCc2ccccc2C1. The third kappa shape index (κ3) is 3.28. The molecule has 122 valence electrons. The Morgan fingerprint density at radius 3 is 2.78 bits per heavy atom. The molecule has 1 fully saturated rings. The summed E-state index contributed by atoms with van der Waals surface area (Å²) in [7, 11) is 1.75. The number of hydrogen-bond donors (Lipinski definition) is 2. The van der Waals surface area contributed by atoms with Gasteiger partial charge in [-0.3, -0.25) is 14.7 Å². The van der Waals surface area contributed by atoms with Gasteiger partial charge in [0.15, 0.2) is 5.96 Å². The molecule has 0 aliphatic carbocycles. The van der Waals surface area contributed by atoms with Crippen molar-refractivity contribution in [1.29, 1.82) is 0 Å².